The van der Waals surface area contributed by atoms with Crippen LogP contribution in [0.3, 0.4) is 0 Å². The molecule has 0 unspecified atom stereocenters. The van der Waals surface area contributed by atoms with Crippen molar-refractivity contribution in [2.24, 2.45) is 0 Å². The van der Waals surface area contributed by atoms with Gasteiger partial charge in [0.25, 0.3) is 0 Å². The number of hydrogen-bond donors (Lipinski definition) is 0. The van der Waals surface area contributed by atoms with Crippen molar-refractivity contribution < 1.29 is 23.7 Å². The van der Waals surface area contributed by atoms with Gasteiger partial charge in [-0.2, -0.15) is 0 Å². The molecule has 4 rings (SSSR count). The zero-order chi connectivity index (χ0) is 24.2. The number of aromatic nitrogens is 1. The van der Waals surface area contributed by atoms with Crippen molar-refractivity contribution in [2.75, 3.05) is 21.3 Å². The monoisotopic (exact) mass is 497 g/mol. The molecule has 0 N–H and O–H groups in total. The lowest BCUT2D eigenvalue weighted by Gasteiger charge is -2.15. The second-order valence-corrected chi connectivity index (χ2v) is 8.08. The van der Waals surface area contributed by atoms with Gasteiger partial charge in [-0.1, -0.05) is 47.5 Å². The molecule has 4 aromatic rings. The van der Waals surface area contributed by atoms with Crippen molar-refractivity contribution in [3.05, 3.63) is 81.8 Å². The zero-order valence-corrected chi connectivity index (χ0v) is 20.2. The van der Waals surface area contributed by atoms with Gasteiger partial charge in [-0.25, -0.2) is 9.78 Å². The summed E-state index contributed by atoms with van der Waals surface area (Å²) in [6, 6.07) is 17.7. The van der Waals surface area contributed by atoms with Gasteiger partial charge in [0.1, 0.15) is 6.61 Å². The molecule has 8 heteroatoms. The first-order valence-corrected chi connectivity index (χ1v) is 11.0. The van der Waals surface area contributed by atoms with Crippen LogP contribution < -0.4 is 14.2 Å². The number of benzene rings is 3. The van der Waals surface area contributed by atoms with Crippen molar-refractivity contribution in [1.29, 1.82) is 0 Å². The normalized spacial score (nSPS) is 10.7. The summed E-state index contributed by atoms with van der Waals surface area (Å²) in [6.07, 6.45) is 0. The van der Waals surface area contributed by atoms with Crippen LogP contribution >= 0.6 is 23.2 Å². The summed E-state index contributed by atoms with van der Waals surface area (Å²) < 4.78 is 21.9. The van der Waals surface area contributed by atoms with Crippen LogP contribution in [-0.2, 0) is 11.3 Å². The van der Waals surface area contributed by atoms with Gasteiger partial charge in [0.15, 0.2) is 11.5 Å². The lowest BCUT2D eigenvalue weighted by Crippen LogP contribution is -2.08. The molecule has 1 heterocycles. The van der Waals surface area contributed by atoms with Crippen LogP contribution in [0.15, 0.2) is 60.7 Å². The predicted octanol–water partition coefficient (Wildman–Crippen LogP) is 6.59. The van der Waals surface area contributed by atoms with Gasteiger partial charge in [-0.3, -0.25) is 0 Å². The summed E-state index contributed by atoms with van der Waals surface area (Å²) in [5.74, 6) is 0.891. The second kappa shape index (κ2) is 10.2. The van der Waals surface area contributed by atoms with E-state index in [9.17, 15) is 4.79 Å². The molecule has 6 nitrogen and oxygen atoms in total. The highest BCUT2D eigenvalue weighted by Gasteiger charge is 2.19. The number of halogens is 2. The molecule has 0 atom stereocenters. The third kappa shape index (κ3) is 4.60. The highest BCUT2D eigenvalue weighted by atomic mass is 35.5. The van der Waals surface area contributed by atoms with Crippen molar-refractivity contribution in [2.45, 2.75) is 6.61 Å². The van der Waals surface area contributed by atoms with Crippen LogP contribution in [0.2, 0.25) is 10.0 Å². The van der Waals surface area contributed by atoms with Gasteiger partial charge in [0.05, 0.1) is 38.1 Å². The quantitative estimate of drug-likeness (QED) is 0.268. The second-order valence-electron chi connectivity index (χ2n) is 7.26. The van der Waals surface area contributed by atoms with E-state index in [1.807, 2.05) is 24.3 Å². The minimum Gasteiger partial charge on any atom is -0.493 e. The van der Waals surface area contributed by atoms with Crippen LogP contribution in [0.5, 0.6) is 17.2 Å². The molecule has 0 saturated carbocycles. The Bertz CT molecular complexity index is 1330. The summed E-state index contributed by atoms with van der Waals surface area (Å²) >= 11 is 12.4. The van der Waals surface area contributed by atoms with Gasteiger partial charge < -0.3 is 18.9 Å². The van der Waals surface area contributed by atoms with E-state index in [1.54, 1.807) is 36.4 Å². The van der Waals surface area contributed by atoms with Crippen molar-refractivity contribution >= 4 is 40.1 Å². The standard InChI is InChI=1S/C26H21Cl2NO5/c1-31-23-11-15(12-24(32-2)25(23)33-3)22-13-17(16-7-4-5-10-21(16)29-22)26(30)34-14-18-19(27)8-6-9-20(18)28/h4-13H,14H2,1-3H3. The van der Waals surface area contributed by atoms with Crippen LogP contribution in [0.4, 0.5) is 0 Å². The highest BCUT2D eigenvalue weighted by molar-refractivity contribution is 6.36. The van der Waals surface area contributed by atoms with E-state index in [-0.39, 0.29) is 6.61 Å². The average molecular weight is 498 g/mol. The van der Waals surface area contributed by atoms with Crippen LogP contribution in [0, 0.1) is 0 Å². The fourth-order valence-electron chi connectivity index (χ4n) is 3.61. The first kappa shape index (κ1) is 23.7. The molecule has 0 radical (unpaired) electrons. The van der Waals surface area contributed by atoms with Crippen LogP contribution in [-0.4, -0.2) is 32.3 Å². The van der Waals surface area contributed by atoms with Gasteiger partial charge >= 0.3 is 5.97 Å². The van der Waals surface area contributed by atoms with E-state index in [0.717, 1.165) is 0 Å². The maximum atomic E-state index is 13.2. The van der Waals surface area contributed by atoms with E-state index in [2.05, 4.69) is 0 Å². The zero-order valence-electron chi connectivity index (χ0n) is 18.7. The number of para-hydroxylation sites is 1. The summed E-state index contributed by atoms with van der Waals surface area (Å²) in [5, 5.41) is 1.52. The van der Waals surface area contributed by atoms with Gasteiger partial charge in [0.2, 0.25) is 5.75 Å². The third-order valence-electron chi connectivity index (χ3n) is 5.31. The van der Waals surface area contributed by atoms with Crippen molar-refractivity contribution in [3.63, 3.8) is 0 Å². The summed E-state index contributed by atoms with van der Waals surface area (Å²) in [4.78, 5) is 17.9. The molecule has 0 fully saturated rings. The minimum absolute atomic E-state index is 0.0620. The predicted molar refractivity (Wildman–Crippen MR) is 132 cm³/mol. The third-order valence-corrected chi connectivity index (χ3v) is 6.01. The number of hydrogen-bond acceptors (Lipinski definition) is 6. The Morgan fingerprint density at radius 1 is 0.853 bits per heavy atom. The number of ether oxygens (including phenoxy) is 4. The molecular formula is C26H21Cl2NO5. The number of nitrogens with zero attached hydrogens (tertiary/aromatic N) is 1. The Kier molecular flexibility index (Phi) is 7.10. The summed E-state index contributed by atoms with van der Waals surface area (Å²) in [5.41, 5.74) is 2.76. The fraction of sp³-hybridized carbons (Fsp3) is 0.154. The summed E-state index contributed by atoms with van der Waals surface area (Å²) in [7, 11) is 4.61. The topological polar surface area (TPSA) is 66.9 Å². The van der Waals surface area contributed by atoms with Gasteiger partial charge in [0, 0.05) is 26.6 Å². The van der Waals surface area contributed by atoms with Crippen LogP contribution in [0.1, 0.15) is 15.9 Å². The molecule has 0 amide bonds. The van der Waals surface area contributed by atoms with E-state index in [1.165, 1.54) is 21.3 Å². The van der Waals surface area contributed by atoms with E-state index >= 15 is 0 Å². The van der Waals surface area contributed by atoms with E-state index < -0.39 is 5.97 Å². The lowest BCUT2D eigenvalue weighted by molar-refractivity contribution is 0.0475. The number of carbonyl (C=O) groups excluding carboxylic acids is 1. The van der Waals surface area contributed by atoms with Gasteiger partial charge in [-0.05, 0) is 36.4 Å². The molecule has 0 aliphatic rings. The Hall–Kier alpha value is -3.48. The van der Waals surface area contributed by atoms with Crippen molar-refractivity contribution in [1.82, 2.24) is 4.98 Å². The molecule has 3 aromatic carbocycles. The number of carbonyl (C=O) groups is 1. The Balaban J connectivity index is 1.78. The van der Waals surface area contributed by atoms with Gasteiger partial charge in [-0.15, -0.1) is 0 Å². The number of pyridine rings is 1. The van der Waals surface area contributed by atoms with E-state index in [0.29, 0.717) is 60.6 Å². The number of esters is 1. The highest BCUT2D eigenvalue weighted by Crippen LogP contribution is 2.41. The number of rotatable bonds is 7. The summed E-state index contributed by atoms with van der Waals surface area (Å²) in [6.45, 7) is -0.0620. The molecule has 0 aliphatic heterocycles. The first-order valence-electron chi connectivity index (χ1n) is 10.3. The molecular weight excluding hydrogens is 477 g/mol. The molecule has 174 valence electrons. The van der Waals surface area contributed by atoms with Crippen LogP contribution in [0.25, 0.3) is 22.2 Å². The molecule has 0 bridgehead atoms. The Labute approximate surface area is 206 Å². The maximum Gasteiger partial charge on any atom is 0.339 e. The Morgan fingerprint density at radius 2 is 1.50 bits per heavy atom. The molecule has 0 saturated heterocycles. The molecule has 0 aliphatic carbocycles. The van der Waals surface area contributed by atoms with E-state index in [4.69, 9.17) is 47.1 Å². The average Bonchev–Trinajstić information content (AvgIpc) is 2.86. The molecule has 1 aromatic heterocycles. The SMILES string of the molecule is COc1cc(-c2cc(C(=O)OCc3c(Cl)cccc3Cl)c3ccccc3n2)cc(OC)c1OC. The van der Waals surface area contributed by atoms with Crippen molar-refractivity contribution in [3.8, 4) is 28.5 Å². The first-order chi connectivity index (χ1) is 16.5. The largest absolute Gasteiger partial charge is 0.493 e. The molecule has 0 spiro atoms. The number of methoxy groups -OCH3 is 3. The number of fused-ring (bicyclic) bond motifs is 1. The molecule has 34 heavy (non-hydrogen) atoms. The Morgan fingerprint density at radius 3 is 2.12 bits per heavy atom. The maximum absolute atomic E-state index is 13.2. The smallest absolute Gasteiger partial charge is 0.339 e. The fourth-order valence-corrected chi connectivity index (χ4v) is 4.11. The lowest BCUT2D eigenvalue weighted by atomic mass is 10.0. The minimum atomic E-state index is -0.525.